The first-order valence-electron chi connectivity index (χ1n) is 6.71. The van der Waals surface area contributed by atoms with Crippen molar-refractivity contribution in [3.8, 4) is 0 Å². The van der Waals surface area contributed by atoms with E-state index < -0.39 is 11.4 Å². The third kappa shape index (κ3) is 3.02. The average Bonchev–Trinajstić information content (AvgIpc) is 2.28. The summed E-state index contributed by atoms with van der Waals surface area (Å²) in [5.41, 5.74) is -0.630. The molecule has 2 aliphatic heterocycles. The van der Waals surface area contributed by atoms with E-state index in [1.165, 1.54) is 0 Å². The molecule has 2 atom stereocenters. The van der Waals surface area contributed by atoms with Crippen LogP contribution in [0.2, 0.25) is 0 Å². The van der Waals surface area contributed by atoms with Gasteiger partial charge in [0.05, 0.1) is 17.6 Å². The highest BCUT2D eigenvalue weighted by molar-refractivity contribution is 5.75. The fourth-order valence-electron chi connectivity index (χ4n) is 3.04. The summed E-state index contributed by atoms with van der Waals surface area (Å²) in [7, 11) is 0. The smallest absolute Gasteiger partial charge is 0.311 e. The highest BCUT2D eigenvalue weighted by Crippen LogP contribution is 2.32. The Morgan fingerprint density at radius 2 is 1.83 bits per heavy atom. The third-order valence-corrected chi connectivity index (χ3v) is 3.93. The predicted octanol–water partition coefficient (Wildman–Crippen LogP) is 0.977. The van der Waals surface area contributed by atoms with Gasteiger partial charge in [0.15, 0.2) is 0 Å². The Balaban J connectivity index is 2.02. The molecule has 5 heteroatoms. The average molecular weight is 257 g/mol. The second-order valence-electron chi connectivity index (χ2n) is 5.65. The maximum Gasteiger partial charge on any atom is 0.311 e. The Bertz CT molecular complexity index is 291. The molecule has 2 fully saturated rings. The van der Waals surface area contributed by atoms with Gasteiger partial charge in [0.1, 0.15) is 0 Å². The topological polar surface area (TPSA) is 59.0 Å². The summed E-state index contributed by atoms with van der Waals surface area (Å²) in [5, 5.41) is 9.54. The second kappa shape index (κ2) is 5.55. The molecule has 5 nitrogen and oxygen atoms in total. The maximum atomic E-state index is 11.6. The fraction of sp³-hybridized carbons (Fsp3) is 0.923. The zero-order valence-corrected chi connectivity index (χ0v) is 11.2. The molecule has 0 aromatic rings. The first-order valence-corrected chi connectivity index (χ1v) is 6.71. The van der Waals surface area contributed by atoms with Gasteiger partial charge in [-0.25, -0.2) is 0 Å². The van der Waals surface area contributed by atoms with Crippen LogP contribution in [0.3, 0.4) is 0 Å². The van der Waals surface area contributed by atoms with Gasteiger partial charge in [-0.05, 0) is 26.7 Å². The van der Waals surface area contributed by atoms with Crippen molar-refractivity contribution >= 4 is 5.97 Å². The molecule has 2 aliphatic rings. The second-order valence-corrected chi connectivity index (χ2v) is 5.65. The number of carboxylic acid groups (broad SMARTS) is 1. The van der Waals surface area contributed by atoms with E-state index in [1.54, 1.807) is 0 Å². The van der Waals surface area contributed by atoms with E-state index in [2.05, 4.69) is 4.90 Å². The van der Waals surface area contributed by atoms with E-state index >= 15 is 0 Å². The molecule has 1 N–H and O–H groups in total. The molecular weight excluding hydrogens is 234 g/mol. The number of carbonyl (C=O) groups is 1. The van der Waals surface area contributed by atoms with Crippen LogP contribution in [-0.2, 0) is 14.3 Å². The molecule has 0 saturated carbocycles. The number of carboxylic acids is 1. The minimum absolute atomic E-state index is 0.180. The van der Waals surface area contributed by atoms with E-state index in [0.29, 0.717) is 32.6 Å². The molecule has 0 bridgehead atoms. The summed E-state index contributed by atoms with van der Waals surface area (Å²) in [6.45, 7) is 7.45. The summed E-state index contributed by atoms with van der Waals surface area (Å²) >= 11 is 0. The number of hydrogen-bond donors (Lipinski definition) is 1. The maximum absolute atomic E-state index is 11.6. The molecule has 0 aromatic carbocycles. The molecule has 2 unspecified atom stereocenters. The Hall–Kier alpha value is -0.650. The lowest BCUT2D eigenvalue weighted by Crippen LogP contribution is -2.53. The van der Waals surface area contributed by atoms with Crippen LogP contribution >= 0.6 is 0 Å². The van der Waals surface area contributed by atoms with Crippen molar-refractivity contribution in [2.75, 3.05) is 32.8 Å². The summed E-state index contributed by atoms with van der Waals surface area (Å²) < 4.78 is 11.0. The Morgan fingerprint density at radius 1 is 1.28 bits per heavy atom. The fourth-order valence-corrected chi connectivity index (χ4v) is 3.04. The van der Waals surface area contributed by atoms with E-state index in [-0.39, 0.29) is 12.2 Å². The number of hydrogen-bond acceptors (Lipinski definition) is 4. The minimum Gasteiger partial charge on any atom is -0.481 e. The molecule has 0 spiro atoms. The number of rotatable bonds is 3. The van der Waals surface area contributed by atoms with Gasteiger partial charge < -0.3 is 14.6 Å². The standard InChI is InChI=1S/C13H23NO4/c1-10-7-14(8-11(2)18-10)9-13(12(15)16)3-5-17-6-4-13/h10-11H,3-9H2,1-2H3,(H,15,16). The molecule has 0 radical (unpaired) electrons. The molecule has 0 amide bonds. The molecule has 2 heterocycles. The van der Waals surface area contributed by atoms with Gasteiger partial charge in [-0.1, -0.05) is 0 Å². The highest BCUT2D eigenvalue weighted by atomic mass is 16.5. The van der Waals surface area contributed by atoms with E-state index in [9.17, 15) is 9.90 Å². The van der Waals surface area contributed by atoms with Crippen molar-refractivity contribution in [2.45, 2.75) is 38.9 Å². The summed E-state index contributed by atoms with van der Waals surface area (Å²) in [6, 6.07) is 0. The van der Waals surface area contributed by atoms with Gasteiger partial charge in [0.25, 0.3) is 0 Å². The van der Waals surface area contributed by atoms with Crippen LogP contribution in [0.25, 0.3) is 0 Å². The van der Waals surface area contributed by atoms with Crippen molar-refractivity contribution in [3.05, 3.63) is 0 Å². The lowest BCUT2D eigenvalue weighted by atomic mass is 9.79. The minimum atomic E-state index is -0.683. The van der Waals surface area contributed by atoms with Crippen molar-refractivity contribution in [2.24, 2.45) is 5.41 Å². The quantitative estimate of drug-likeness (QED) is 0.816. The predicted molar refractivity (Wildman–Crippen MR) is 66.6 cm³/mol. The summed E-state index contributed by atoms with van der Waals surface area (Å²) in [4.78, 5) is 13.8. The van der Waals surface area contributed by atoms with Crippen LogP contribution in [0.1, 0.15) is 26.7 Å². The number of morpholine rings is 1. The van der Waals surface area contributed by atoms with Gasteiger partial charge in [0.2, 0.25) is 0 Å². The Labute approximate surface area is 108 Å². The zero-order chi connectivity index (χ0) is 13.2. The number of nitrogens with zero attached hydrogens (tertiary/aromatic N) is 1. The summed E-state index contributed by atoms with van der Waals surface area (Å²) in [5.74, 6) is -0.683. The molecule has 2 rings (SSSR count). The van der Waals surface area contributed by atoms with E-state index in [4.69, 9.17) is 9.47 Å². The van der Waals surface area contributed by atoms with Crippen molar-refractivity contribution in [1.82, 2.24) is 4.90 Å². The first kappa shape index (κ1) is 13.8. The number of aliphatic carboxylic acids is 1. The number of ether oxygens (including phenoxy) is 2. The van der Waals surface area contributed by atoms with Gasteiger partial charge >= 0.3 is 5.97 Å². The molecular formula is C13H23NO4. The SMILES string of the molecule is CC1CN(CC2(C(=O)O)CCOCC2)CC(C)O1. The highest BCUT2D eigenvalue weighted by Gasteiger charge is 2.42. The Morgan fingerprint density at radius 3 is 2.33 bits per heavy atom. The molecule has 18 heavy (non-hydrogen) atoms. The van der Waals surface area contributed by atoms with Gasteiger partial charge in [-0.2, -0.15) is 0 Å². The van der Waals surface area contributed by atoms with Gasteiger partial charge in [-0.15, -0.1) is 0 Å². The van der Waals surface area contributed by atoms with Crippen LogP contribution in [0, 0.1) is 5.41 Å². The third-order valence-electron chi connectivity index (χ3n) is 3.93. The van der Waals surface area contributed by atoms with Crippen LogP contribution in [0.4, 0.5) is 0 Å². The molecule has 2 saturated heterocycles. The molecule has 0 aromatic heterocycles. The first-order chi connectivity index (χ1) is 8.52. The summed E-state index contributed by atoms with van der Waals surface area (Å²) in [6.07, 6.45) is 1.59. The lowest BCUT2D eigenvalue weighted by molar-refractivity contribution is -0.159. The van der Waals surface area contributed by atoms with E-state index in [0.717, 1.165) is 13.1 Å². The van der Waals surface area contributed by atoms with Crippen molar-refractivity contribution < 1.29 is 19.4 Å². The molecule has 0 aliphatic carbocycles. The van der Waals surface area contributed by atoms with Gasteiger partial charge in [-0.3, -0.25) is 9.69 Å². The lowest BCUT2D eigenvalue weighted by Gasteiger charge is -2.42. The van der Waals surface area contributed by atoms with Crippen LogP contribution < -0.4 is 0 Å². The van der Waals surface area contributed by atoms with Crippen molar-refractivity contribution in [3.63, 3.8) is 0 Å². The molecule has 104 valence electrons. The zero-order valence-electron chi connectivity index (χ0n) is 11.2. The Kier molecular flexibility index (Phi) is 4.25. The van der Waals surface area contributed by atoms with Crippen LogP contribution in [-0.4, -0.2) is 61.0 Å². The van der Waals surface area contributed by atoms with Crippen LogP contribution in [0.15, 0.2) is 0 Å². The normalized spacial score (nSPS) is 33.2. The van der Waals surface area contributed by atoms with Gasteiger partial charge in [0, 0.05) is 32.8 Å². The van der Waals surface area contributed by atoms with Crippen LogP contribution in [0.5, 0.6) is 0 Å². The van der Waals surface area contributed by atoms with Crippen molar-refractivity contribution in [1.29, 1.82) is 0 Å². The van der Waals surface area contributed by atoms with E-state index in [1.807, 2.05) is 13.8 Å². The monoisotopic (exact) mass is 257 g/mol. The largest absolute Gasteiger partial charge is 0.481 e.